The predicted molar refractivity (Wildman–Crippen MR) is 224 cm³/mol. The summed E-state index contributed by atoms with van der Waals surface area (Å²) in [5.74, 6) is 1.51. The number of imidazole rings is 1. The third kappa shape index (κ3) is 6.96. The zero-order valence-corrected chi connectivity index (χ0v) is 32.1. The van der Waals surface area contributed by atoms with Gasteiger partial charge in [-0.2, -0.15) is 13.2 Å². The zero-order chi connectivity index (χ0) is 40.4. The van der Waals surface area contributed by atoms with Crippen LogP contribution >= 0.6 is 0 Å². The lowest BCUT2D eigenvalue weighted by Gasteiger charge is -2.36. The molecule has 0 aliphatic carbocycles. The van der Waals surface area contributed by atoms with E-state index in [1.807, 2.05) is 77.5 Å². The van der Waals surface area contributed by atoms with E-state index in [0.717, 1.165) is 75.3 Å². The van der Waals surface area contributed by atoms with E-state index < -0.39 is 17.3 Å². The standard InChI is InChI=1S/C49H38F3N7/c1-2-15-46-54-44-32-53-43(36-16-14-23-40(30-36)49(50,51)52)31-45(44)58(46)33-34-26-28-35(29-27-34)41-24-12-13-25-42(41)47-55-56-57-59(47)48(37-17-6-3-7-18-37,38-19-8-4-9-20-38)39-21-10-5-11-22-39/h3-14,16-32H,2,15,33H2,1H3. The van der Waals surface area contributed by atoms with Gasteiger partial charge in [0.1, 0.15) is 16.9 Å². The number of hydrogen-bond acceptors (Lipinski definition) is 5. The fraction of sp³-hybridized carbons (Fsp3) is 0.122. The molecule has 0 N–H and O–H groups in total. The second-order valence-corrected chi connectivity index (χ2v) is 14.5. The van der Waals surface area contributed by atoms with Crippen LogP contribution in [0.3, 0.4) is 0 Å². The highest BCUT2D eigenvalue weighted by atomic mass is 19.4. The summed E-state index contributed by atoms with van der Waals surface area (Å²) in [6, 6.07) is 54.7. The highest BCUT2D eigenvalue weighted by Crippen LogP contribution is 2.43. The largest absolute Gasteiger partial charge is 0.416 e. The minimum atomic E-state index is -4.45. The topological polar surface area (TPSA) is 74.3 Å². The van der Waals surface area contributed by atoms with E-state index in [-0.39, 0.29) is 0 Å². The summed E-state index contributed by atoms with van der Waals surface area (Å²) in [4.78, 5) is 9.40. The van der Waals surface area contributed by atoms with Crippen LogP contribution in [0.25, 0.3) is 44.8 Å². The van der Waals surface area contributed by atoms with E-state index in [1.165, 1.54) is 6.07 Å². The van der Waals surface area contributed by atoms with Gasteiger partial charge in [-0.25, -0.2) is 9.67 Å². The zero-order valence-electron chi connectivity index (χ0n) is 32.1. The number of pyridine rings is 1. The molecule has 0 saturated carbocycles. The summed E-state index contributed by atoms with van der Waals surface area (Å²) in [5.41, 5.74) is 7.67. The number of aromatic nitrogens is 7. The Hall–Kier alpha value is -7.20. The molecule has 0 saturated heterocycles. The number of aryl methyl sites for hydroxylation is 1. The molecular formula is C49H38F3N7. The number of hydrogen-bond donors (Lipinski definition) is 0. The Morgan fingerprint density at radius 1 is 0.593 bits per heavy atom. The van der Waals surface area contributed by atoms with Gasteiger partial charge in [0.05, 0.1) is 23.0 Å². The van der Waals surface area contributed by atoms with E-state index in [1.54, 1.807) is 12.3 Å². The van der Waals surface area contributed by atoms with Gasteiger partial charge in [-0.3, -0.25) is 4.98 Å². The van der Waals surface area contributed by atoms with Gasteiger partial charge in [0.2, 0.25) is 0 Å². The first-order valence-corrected chi connectivity index (χ1v) is 19.5. The number of nitrogens with zero attached hydrogens (tertiary/aromatic N) is 7. The number of alkyl halides is 3. The number of tetrazole rings is 1. The molecule has 59 heavy (non-hydrogen) atoms. The van der Waals surface area contributed by atoms with Gasteiger partial charge >= 0.3 is 6.18 Å². The Morgan fingerprint density at radius 3 is 1.80 bits per heavy atom. The first-order valence-electron chi connectivity index (χ1n) is 19.5. The monoisotopic (exact) mass is 781 g/mol. The normalized spacial score (nSPS) is 11.9. The summed E-state index contributed by atoms with van der Waals surface area (Å²) in [6.45, 7) is 2.62. The van der Waals surface area contributed by atoms with Crippen LogP contribution < -0.4 is 0 Å². The third-order valence-electron chi connectivity index (χ3n) is 10.8. The molecule has 7 nitrogen and oxygen atoms in total. The van der Waals surface area contributed by atoms with E-state index in [0.29, 0.717) is 29.1 Å². The smallest absolute Gasteiger partial charge is 0.323 e. The van der Waals surface area contributed by atoms with Gasteiger partial charge in [-0.15, -0.1) is 5.10 Å². The molecule has 9 aromatic rings. The van der Waals surface area contributed by atoms with Crippen molar-refractivity contribution in [3.05, 3.63) is 210 Å². The van der Waals surface area contributed by atoms with E-state index in [2.05, 4.69) is 94.5 Å². The second kappa shape index (κ2) is 15.6. The maximum absolute atomic E-state index is 13.6. The molecule has 0 spiro atoms. The lowest BCUT2D eigenvalue weighted by molar-refractivity contribution is -0.137. The first kappa shape index (κ1) is 37.4. The SMILES string of the molecule is CCCc1nc2cnc(-c3cccc(C(F)(F)F)c3)cc2n1Cc1ccc(-c2ccccc2-c2nnnn2C(c2ccccc2)(c2ccccc2)c2ccccc2)cc1. The highest BCUT2D eigenvalue weighted by molar-refractivity contribution is 5.82. The van der Waals surface area contributed by atoms with Crippen molar-refractivity contribution < 1.29 is 13.2 Å². The van der Waals surface area contributed by atoms with Crippen LogP contribution in [-0.2, 0) is 24.7 Å². The van der Waals surface area contributed by atoms with Crippen molar-refractivity contribution in [1.82, 2.24) is 34.7 Å². The molecular weight excluding hydrogens is 744 g/mol. The molecule has 0 aliphatic heterocycles. The Labute approximate surface area is 339 Å². The molecule has 3 heterocycles. The number of rotatable bonds is 11. The minimum Gasteiger partial charge on any atom is -0.323 e. The molecule has 3 aromatic heterocycles. The Bertz CT molecular complexity index is 2750. The molecule has 10 heteroatoms. The van der Waals surface area contributed by atoms with Gasteiger partial charge in [-0.05, 0) is 68.4 Å². The average Bonchev–Trinajstić information content (AvgIpc) is 3.90. The fourth-order valence-electron chi connectivity index (χ4n) is 8.07. The molecule has 0 unspecified atom stereocenters. The van der Waals surface area contributed by atoms with Crippen molar-refractivity contribution >= 4 is 11.0 Å². The van der Waals surface area contributed by atoms with Crippen molar-refractivity contribution in [2.75, 3.05) is 0 Å². The van der Waals surface area contributed by atoms with Crippen LogP contribution in [0.1, 0.15) is 47.0 Å². The third-order valence-corrected chi connectivity index (χ3v) is 10.8. The highest BCUT2D eigenvalue weighted by Gasteiger charge is 2.42. The van der Waals surface area contributed by atoms with Crippen LogP contribution in [0.5, 0.6) is 0 Å². The molecule has 9 rings (SSSR count). The van der Waals surface area contributed by atoms with Crippen LogP contribution in [0.4, 0.5) is 13.2 Å². The van der Waals surface area contributed by atoms with Gasteiger partial charge in [0, 0.05) is 24.1 Å². The summed E-state index contributed by atoms with van der Waals surface area (Å²) in [6.07, 6.45) is -1.18. The van der Waals surface area contributed by atoms with Crippen molar-refractivity contribution in [2.24, 2.45) is 0 Å². The van der Waals surface area contributed by atoms with Crippen molar-refractivity contribution in [3.8, 4) is 33.8 Å². The van der Waals surface area contributed by atoms with Gasteiger partial charge in [-0.1, -0.05) is 159 Å². The molecule has 0 radical (unpaired) electrons. The summed E-state index contributed by atoms with van der Waals surface area (Å²) >= 11 is 0. The Morgan fingerprint density at radius 2 is 1.19 bits per heavy atom. The lowest BCUT2D eigenvalue weighted by atomic mass is 9.77. The quantitative estimate of drug-likeness (QED) is 0.122. The van der Waals surface area contributed by atoms with Crippen molar-refractivity contribution in [1.29, 1.82) is 0 Å². The van der Waals surface area contributed by atoms with Crippen molar-refractivity contribution in [3.63, 3.8) is 0 Å². The maximum atomic E-state index is 13.6. The molecule has 0 fully saturated rings. The van der Waals surface area contributed by atoms with Gasteiger partial charge < -0.3 is 4.57 Å². The van der Waals surface area contributed by atoms with Crippen LogP contribution in [-0.4, -0.2) is 34.7 Å². The predicted octanol–water partition coefficient (Wildman–Crippen LogP) is 11.3. The van der Waals surface area contributed by atoms with Gasteiger partial charge in [0.15, 0.2) is 5.82 Å². The van der Waals surface area contributed by atoms with Crippen molar-refractivity contribution in [2.45, 2.75) is 38.0 Å². The molecule has 290 valence electrons. The molecule has 0 aliphatic rings. The second-order valence-electron chi connectivity index (χ2n) is 14.5. The van der Waals surface area contributed by atoms with Crippen LogP contribution in [0.15, 0.2) is 176 Å². The minimum absolute atomic E-state index is 0.397. The first-order chi connectivity index (χ1) is 28.8. The number of benzene rings is 6. The lowest BCUT2D eigenvalue weighted by Crippen LogP contribution is -2.39. The van der Waals surface area contributed by atoms with E-state index in [9.17, 15) is 13.2 Å². The van der Waals surface area contributed by atoms with E-state index >= 15 is 0 Å². The average molecular weight is 782 g/mol. The fourth-order valence-corrected chi connectivity index (χ4v) is 8.07. The Kier molecular flexibility index (Phi) is 9.90. The molecule has 0 amide bonds. The Balaban J connectivity index is 1.11. The maximum Gasteiger partial charge on any atom is 0.416 e. The number of halogens is 3. The molecule has 0 bridgehead atoms. The van der Waals surface area contributed by atoms with Crippen LogP contribution in [0, 0.1) is 0 Å². The van der Waals surface area contributed by atoms with E-state index in [4.69, 9.17) is 15.3 Å². The van der Waals surface area contributed by atoms with Crippen LogP contribution in [0.2, 0.25) is 0 Å². The molecule has 6 aromatic carbocycles. The van der Waals surface area contributed by atoms with Gasteiger partial charge in [0.25, 0.3) is 0 Å². The summed E-state index contributed by atoms with van der Waals surface area (Å²) in [7, 11) is 0. The molecule has 0 atom stereocenters. The summed E-state index contributed by atoms with van der Waals surface area (Å²) in [5, 5.41) is 13.8. The summed E-state index contributed by atoms with van der Waals surface area (Å²) < 4.78 is 44.8. The number of fused-ring (bicyclic) bond motifs is 1.